The van der Waals surface area contributed by atoms with Crippen molar-refractivity contribution in [2.75, 3.05) is 33.4 Å². The van der Waals surface area contributed by atoms with Crippen LogP contribution in [0.3, 0.4) is 0 Å². The first-order chi connectivity index (χ1) is 25.0. The number of ether oxygens (including phenoxy) is 3. The zero-order valence-electron chi connectivity index (χ0n) is 35.7. The largest absolute Gasteiger partial charge is 0.493 e. The summed E-state index contributed by atoms with van der Waals surface area (Å²) in [7, 11) is -0.790. The highest BCUT2D eigenvalue weighted by atomic mass is 28.4. The SMILES string of the molecule is COCCCCOc1ccccc1C(=O)NCC(CC(NC(=O)OC(C)(C)C)C(CC(C(=O)NCCCC(N)=O)C(C)C)O[Si](C)(C)C(C)(C)C)C(C)C. The molecule has 4 amide bonds. The van der Waals surface area contributed by atoms with Crippen molar-refractivity contribution < 1.29 is 37.8 Å². The van der Waals surface area contributed by atoms with Crippen LogP contribution in [0.4, 0.5) is 4.79 Å². The van der Waals surface area contributed by atoms with E-state index in [4.69, 9.17) is 24.4 Å². The van der Waals surface area contributed by atoms with Crippen LogP contribution in [0.2, 0.25) is 18.1 Å². The number of hydrogen-bond acceptors (Lipinski definition) is 8. The Morgan fingerprint density at radius 2 is 1.48 bits per heavy atom. The molecule has 0 aromatic heterocycles. The number of primary amides is 1. The van der Waals surface area contributed by atoms with Gasteiger partial charge in [0.25, 0.3) is 5.91 Å². The molecule has 0 aliphatic rings. The van der Waals surface area contributed by atoms with Gasteiger partial charge in [0.2, 0.25) is 11.8 Å². The number of nitrogens with two attached hydrogens (primary N) is 1. The molecule has 0 spiro atoms. The maximum atomic E-state index is 13.7. The number of para-hydroxylation sites is 1. The second kappa shape index (κ2) is 23.0. The second-order valence-corrected chi connectivity index (χ2v) is 22.4. The van der Waals surface area contributed by atoms with E-state index in [0.29, 0.717) is 56.9 Å². The number of nitrogens with one attached hydrogen (secondary N) is 3. The topological polar surface area (TPSA) is 167 Å². The van der Waals surface area contributed by atoms with Crippen molar-refractivity contribution in [1.82, 2.24) is 16.0 Å². The third kappa shape index (κ3) is 18.4. The quantitative estimate of drug-likeness (QED) is 0.0631. The summed E-state index contributed by atoms with van der Waals surface area (Å²) in [5, 5.41) is 9.14. The molecular formula is C41H74N4O8Si. The van der Waals surface area contributed by atoms with E-state index in [1.807, 2.05) is 46.8 Å². The first-order valence-corrected chi connectivity index (χ1v) is 22.6. The Balaban J connectivity index is 3.51. The molecule has 4 unspecified atom stereocenters. The number of hydrogen-bond donors (Lipinski definition) is 4. The Labute approximate surface area is 327 Å². The summed E-state index contributed by atoms with van der Waals surface area (Å²) < 4.78 is 24.0. The number of carbonyl (C=O) groups excluding carboxylic acids is 4. The molecule has 0 aliphatic carbocycles. The van der Waals surface area contributed by atoms with Gasteiger partial charge in [0.1, 0.15) is 11.4 Å². The van der Waals surface area contributed by atoms with Gasteiger partial charge in [-0.15, -0.1) is 0 Å². The third-order valence-electron chi connectivity index (χ3n) is 10.1. The molecule has 4 atom stereocenters. The Morgan fingerprint density at radius 1 is 0.852 bits per heavy atom. The van der Waals surface area contributed by atoms with Crippen molar-refractivity contribution in [2.24, 2.45) is 29.4 Å². The summed E-state index contributed by atoms with van der Waals surface area (Å²) in [4.78, 5) is 52.1. The van der Waals surface area contributed by atoms with Crippen LogP contribution in [-0.2, 0) is 23.5 Å². The zero-order valence-corrected chi connectivity index (χ0v) is 36.7. The highest BCUT2D eigenvalue weighted by Crippen LogP contribution is 2.39. The number of amides is 4. The molecule has 310 valence electrons. The van der Waals surface area contributed by atoms with Crippen molar-refractivity contribution in [1.29, 1.82) is 0 Å². The van der Waals surface area contributed by atoms with Gasteiger partial charge in [0, 0.05) is 39.1 Å². The van der Waals surface area contributed by atoms with Crippen molar-refractivity contribution >= 4 is 32.1 Å². The number of methoxy groups -OCH3 is 1. The minimum absolute atomic E-state index is 0.0451. The van der Waals surface area contributed by atoms with Crippen molar-refractivity contribution in [3.8, 4) is 5.75 Å². The van der Waals surface area contributed by atoms with Crippen LogP contribution in [0.15, 0.2) is 24.3 Å². The van der Waals surface area contributed by atoms with E-state index in [-0.39, 0.29) is 41.0 Å². The smallest absolute Gasteiger partial charge is 0.407 e. The Morgan fingerprint density at radius 3 is 2.04 bits per heavy atom. The van der Waals surface area contributed by atoms with Crippen LogP contribution in [0.5, 0.6) is 5.75 Å². The molecule has 0 fully saturated rings. The molecule has 1 aromatic carbocycles. The minimum atomic E-state index is -2.46. The molecule has 0 radical (unpaired) electrons. The van der Waals surface area contributed by atoms with Gasteiger partial charge in [-0.3, -0.25) is 14.4 Å². The molecule has 1 rings (SSSR count). The standard InChI is InChI=1S/C41H74N4O8Si/c1-28(2)30(27-44-37(47)31-19-14-15-20-34(31)51-24-17-16-23-50-11)25-33(45-39(49)52-40(5,6)7)35(53-54(12,13)41(8,9)10)26-32(29(3)4)38(48)43-22-18-21-36(42)46/h14-15,19-20,28-30,32-33,35H,16-18,21-27H2,1-13H3,(H2,42,46)(H,43,48)(H,44,47)(H,45,49). The van der Waals surface area contributed by atoms with E-state index in [0.717, 1.165) is 12.8 Å². The maximum Gasteiger partial charge on any atom is 0.407 e. The predicted molar refractivity (Wildman–Crippen MR) is 218 cm³/mol. The lowest BCUT2D eigenvalue weighted by Crippen LogP contribution is -2.55. The van der Waals surface area contributed by atoms with Gasteiger partial charge >= 0.3 is 6.09 Å². The van der Waals surface area contributed by atoms with Crippen LogP contribution in [0, 0.1) is 23.7 Å². The van der Waals surface area contributed by atoms with Crippen molar-refractivity contribution in [3.05, 3.63) is 29.8 Å². The van der Waals surface area contributed by atoms with E-state index < -0.39 is 44.0 Å². The number of alkyl carbamates (subject to hydrolysis) is 1. The first kappa shape index (κ1) is 48.9. The van der Waals surface area contributed by atoms with E-state index >= 15 is 0 Å². The number of rotatable bonds is 24. The minimum Gasteiger partial charge on any atom is -0.493 e. The molecule has 1 aromatic rings. The molecule has 13 heteroatoms. The van der Waals surface area contributed by atoms with Crippen LogP contribution in [0.25, 0.3) is 0 Å². The molecule has 0 heterocycles. The van der Waals surface area contributed by atoms with E-state index in [2.05, 4.69) is 63.7 Å². The fraction of sp³-hybridized carbons (Fsp3) is 0.756. The van der Waals surface area contributed by atoms with Gasteiger partial charge in [-0.2, -0.15) is 0 Å². The van der Waals surface area contributed by atoms with Crippen LogP contribution < -0.4 is 26.4 Å². The lowest BCUT2D eigenvalue weighted by Gasteiger charge is -2.43. The van der Waals surface area contributed by atoms with Crippen LogP contribution >= 0.6 is 0 Å². The molecular weight excluding hydrogens is 705 g/mol. The number of unbranched alkanes of at least 4 members (excludes halogenated alkanes) is 1. The van der Waals surface area contributed by atoms with Gasteiger partial charge in [0.15, 0.2) is 8.32 Å². The second-order valence-electron chi connectivity index (χ2n) is 17.6. The fourth-order valence-corrected chi connectivity index (χ4v) is 7.07. The molecule has 5 N–H and O–H groups in total. The Bertz CT molecular complexity index is 1310. The summed E-state index contributed by atoms with van der Waals surface area (Å²) in [5.41, 5.74) is 5.03. The molecule has 12 nitrogen and oxygen atoms in total. The fourth-order valence-electron chi connectivity index (χ4n) is 5.70. The molecule has 0 saturated heterocycles. The zero-order chi connectivity index (χ0) is 41.3. The molecule has 54 heavy (non-hydrogen) atoms. The Kier molecular flexibility index (Phi) is 20.8. The molecule has 0 bridgehead atoms. The molecule has 0 aliphatic heterocycles. The van der Waals surface area contributed by atoms with E-state index in [1.165, 1.54) is 0 Å². The monoisotopic (exact) mass is 779 g/mol. The first-order valence-electron chi connectivity index (χ1n) is 19.7. The van der Waals surface area contributed by atoms with E-state index in [9.17, 15) is 19.2 Å². The van der Waals surface area contributed by atoms with Crippen molar-refractivity contribution in [2.45, 2.75) is 144 Å². The van der Waals surface area contributed by atoms with E-state index in [1.54, 1.807) is 19.2 Å². The van der Waals surface area contributed by atoms with Gasteiger partial charge in [0.05, 0.1) is 24.3 Å². The number of carbonyl (C=O) groups is 4. The summed E-state index contributed by atoms with van der Waals surface area (Å²) in [6, 6.07) is 6.66. The highest BCUT2D eigenvalue weighted by Gasteiger charge is 2.43. The third-order valence-corrected chi connectivity index (χ3v) is 14.6. The highest BCUT2D eigenvalue weighted by molar-refractivity contribution is 6.74. The van der Waals surface area contributed by atoms with Crippen molar-refractivity contribution in [3.63, 3.8) is 0 Å². The summed E-state index contributed by atoms with van der Waals surface area (Å²) in [6.45, 7) is 26.2. The van der Waals surface area contributed by atoms with Gasteiger partial charge in [-0.25, -0.2) is 4.79 Å². The number of benzene rings is 1. The van der Waals surface area contributed by atoms with Crippen LogP contribution in [-0.4, -0.2) is 83.3 Å². The molecule has 0 saturated carbocycles. The Hall–Kier alpha value is -3.16. The lowest BCUT2D eigenvalue weighted by atomic mass is 9.82. The lowest BCUT2D eigenvalue weighted by molar-refractivity contribution is -0.127. The summed E-state index contributed by atoms with van der Waals surface area (Å²) in [5.74, 6) is -0.728. The average Bonchev–Trinajstić information content (AvgIpc) is 3.04. The average molecular weight is 779 g/mol. The summed E-state index contributed by atoms with van der Waals surface area (Å²) in [6.07, 6.45) is 1.98. The predicted octanol–water partition coefficient (Wildman–Crippen LogP) is 7.21. The van der Waals surface area contributed by atoms with Gasteiger partial charge in [-0.05, 0) is 101 Å². The van der Waals surface area contributed by atoms with Gasteiger partial charge < -0.3 is 40.3 Å². The maximum absolute atomic E-state index is 13.7. The normalized spacial score (nSPS) is 14.6. The van der Waals surface area contributed by atoms with Gasteiger partial charge in [-0.1, -0.05) is 60.6 Å². The van der Waals surface area contributed by atoms with Crippen LogP contribution in [0.1, 0.15) is 118 Å². The summed E-state index contributed by atoms with van der Waals surface area (Å²) >= 11 is 0.